The second kappa shape index (κ2) is 9.78. The molecule has 2 aromatic carbocycles. The SMILES string of the molecule is CN(C)C(Cc1c[nH]c2cccc([N+](=O)[O-])c12)C(=O)N(C)C(C=O)Cc1cccc(O)c1F. The molecule has 0 radical (unpaired) electrons. The van der Waals surface area contributed by atoms with Crippen LogP contribution >= 0.6 is 0 Å². The number of aromatic nitrogens is 1. The molecule has 33 heavy (non-hydrogen) atoms. The van der Waals surface area contributed by atoms with Gasteiger partial charge in [0.15, 0.2) is 11.6 Å². The summed E-state index contributed by atoms with van der Waals surface area (Å²) in [6.45, 7) is 0. The number of likely N-dealkylation sites (N-methyl/N-ethyl adjacent to an activating group) is 2. The van der Waals surface area contributed by atoms with Gasteiger partial charge in [-0.05, 0) is 43.8 Å². The van der Waals surface area contributed by atoms with E-state index in [0.29, 0.717) is 22.8 Å². The third-order valence-electron chi connectivity index (χ3n) is 5.77. The lowest BCUT2D eigenvalue weighted by Gasteiger charge is -2.31. The summed E-state index contributed by atoms with van der Waals surface area (Å²) < 4.78 is 14.2. The minimum atomic E-state index is -0.964. The number of carbonyl (C=O) groups is 2. The Hall–Kier alpha value is -3.79. The molecule has 1 aromatic heterocycles. The van der Waals surface area contributed by atoms with Gasteiger partial charge in [0.05, 0.1) is 27.9 Å². The van der Waals surface area contributed by atoms with E-state index in [9.17, 15) is 29.2 Å². The molecule has 0 spiro atoms. The van der Waals surface area contributed by atoms with Crippen molar-refractivity contribution in [2.45, 2.75) is 24.9 Å². The van der Waals surface area contributed by atoms with E-state index < -0.39 is 34.5 Å². The number of phenolic OH excluding ortho intramolecular Hbond substituents is 1. The van der Waals surface area contributed by atoms with Crippen LogP contribution < -0.4 is 0 Å². The smallest absolute Gasteiger partial charge is 0.279 e. The van der Waals surface area contributed by atoms with E-state index >= 15 is 0 Å². The van der Waals surface area contributed by atoms with Crippen LogP contribution in [0, 0.1) is 15.9 Å². The number of fused-ring (bicyclic) bond motifs is 1. The predicted octanol–water partition coefficient (Wildman–Crippen LogP) is 2.66. The summed E-state index contributed by atoms with van der Waals surface area (Å²) in [5.41, 5.74) is 1.23. The lowest BCUT2D eigenvalue weighted by molar-refractivity contribution is -0.383. The molecule has 0 saturated heterocycles. The summed E-state index contributed by atoms with van der Waals surface area (Å²) in [6, 6.07) is 7.12. The Labute approximate surface area is 189 Å². The summed E-state index contributed by atoms with van der Waals surface area (Å²) in [6.07, 6.45) is 2.25. The van der Waals surface area contributed by atoms with Gasteiger partial charge in [-0.2, -0.15) is 0 Å². The zero-order valence-electron chi connectivity index (χ0n) is 18.5. The normalized spacial score (nSPS) is 13.1. The molecular weight excluding hydrogens is 431 g/mol. The first-order valence-electron chi connectivity index (χ1n) is 10.2. The van der Waals surface area contributed by atoms with Gasteiger partial charge in [0.2, 0.25) is 5.91 Å². The Kier molecular flexibility index (Phi) is 7.07. The fourth-order valence-corrected chi connectivity index (χ4v) is 3.87. The van der Waals surface area contributed by atoms with Gasteiger partial charge < -0.3 is 19.8 Å². The fraction of sp³-hybridized carbons (Fsp3) is 0.304. The van der Waals surface area contributed by atoms with Gasteiger partial charge in [0.1, 0.15) is 6.29 Å². The van der Waals surface area contributed by atoms with Crippen LogP contribution in [0.15, 0.2) is 42.6 Å². The number of H-pyrrole nitrogens is 1. The number of aromatic hydroxyl groups is 1. The van der Waals surface area contributed by atoms with Crippen LogP contribution in [0.25, 0.3) is 10.9 Å². The maximum absolute atomic E-state index is 14.2. The van der Waals surface area contributed by atoms with Gasteiger partial charge >= 0.3 is 0 Å². The highest BCUT2D eigenvalue weighted by Gasteiger charge is 2.31. The highest BCUT2D eigenvalue weighted by Crippen LogP contribution is 2.30. The molecule has 1 heterocycles. The minimum absolute atomic E-state index is 0.0628. The second-order valence-corrected chi connectivity index (χ2v) is 8.06. The topological polar surface area (TPSA) is 120 Å². The molecule has 3 rings (SSSR count). The first kappa shape index (κ1) is 23.9. The highest BCUT2D eigenvalue weighted by molar-refractivity contribution is 5.93. The Morgan fingerprint density at radius 1 is 1.18 bits per heavy atom. The van der Waals surface area contributed by atoms with Gasteiger partial charge in [-0.3, -0.25) is 19.8 Å². The van der Waals surface area contributed by atoms with Gasteiger partial charge in [0.25, 0.3) is 5.69 Å². The summed E-state index contributed by atoms with van der Waals surface area (Å²) in [4.78, 5) is 42.1. The molecule has 3 aromatic rings. The Morgan fingerprint density at radius 2 is 1.88 bits per heavy atom. The summed E-state index contributed by atoms with van der Waals surface area (Å²) in [7, 11) is 4.85. The largest absolute Gasteiger partial charge is 0.505 e. The summed E-state index contributed by atoms with van der Waals surface area (Å²) in [5.74, 6) is -1.76. The molecule has 0 saturated carbocycles. The standard InChI is InChI=1S/C23H25FN4O5/c1-26(2)19(11-15-12-25-17-7-5-8-18(21(15)17)28(32)33)23(31)27(3)16(13-29)10-14-6-4-9-20(30)22(14)24/h4-9,12-13,16,19,25,30H,10-11H2,1-3H3. The molecule has 2 unspecified atom stereocenters. The van der Waals surface area contributed by atoms with Crippen LogP contribution in [0.3, 0.4) is 0 Å². The van der Waals surface area contributed by atoms with Crippen LogP contribution in [0.4, 0.5) is 10.1 Å². The highest BCUT2D eigenvalue weighted by atomic mass is 19.1. The van der Waals surface area contributed by atoms with Crippen molar-refractivity contribution in [3.8, 4) is 5.75 Å². The Bertz CT molecular complexity index is 1190. The molecule has 0 aliphatic rings. The van der Waals surface area contributed by atoms with E-state index in [1.807, 2.05) is 0 Å². The maximum atomic E-state index is 14.2. The lowest BCUT2D eigenvalue weighted by Crippen LogP contribution is -2.50. The number of aromatic amines is 1. The van der Waals surface area contributed by atoms with Crippen LogP contribution in [0.2, 0.25) is 0 Å². The number of hydrogen-bond acceptors (Lipinski definition) is 6. The number of phenols is 1. The number of amides is 1. The molecular formula is C23H25FN4O5. The van der Waals surface area contributed by atoms with Crippen molar-refractivity contribution in [2.24, 2.45) is 0 Å². The van der Waals surface area contributed by atoms with Gasteiger partial charge in [-0.25, -0.2) is 4.39 Å². The number of nitrogens with zero attached hydrogens (tertiary/aromatic N) is 3. The van der Waals surface area contributed by atoms with Gasteiger partial charge in [-0.1, -0.05) is 18.2 Å². The quantitative estimate of drug-likeness (QED) is 0.290. The third kappa shape index (κ3) is 4.85. The molecule has 1 amide bonds. The molecule has 0 aliphatic heterocycles. The molecule has 10 heteroatoms. The van der Waals surface area contributed by atoms with Crippen LogP contribution in [-0.4, -0.2) is 70.2 Å². The van der Waals surface area contributed by atoms with Gasteiger partial charge in [0, 0.05) is 25.7 Å². The third-order valence-corrected chi connectivity index (χ3v) is 5.77. The van der Waals surface area contributed by atoms with E-state index in [0.717, 1.165) is 0 Å². The summed E-state index contributed by atoms with van der Waals surface area (Å²) in [5, 5.41) is 21.5. The predicted molar refractivity (Wildman–Crippen MR) is 121 cm³/mol. The average Bonchev–Trinajstić information content (AvgIpc) is 3.20. The van der Waals surface area contributed by atoms with Crippen molar-refractivity contribution in [3.05, 3.63) is 69.7 Å². The number of carbonyl (C=O) groups excluding carboxylic acids is 2. The number of nitro groups is 1. The van der Waals surface area contributed by atoms with Crippen molar-refractivity contribution < 1.29 is 24.0 Å². The molecule has 2 N–H and O–H groups in total. The van der Waals surface area contributed by atoms with E-state index in [-0.39, 0.29) is 24.1 Å². The Morgan fingerprint density at radius 3 is 2.52 bits per heavy atom. The zero-order valence-corrected chi connectivity index (χ0v) is 18.5. The van der Waals surface area contributed by atoms with E-state index in [2.05, 4.69) is 4.98 Å². The van der Waals surface area contributed by atoms with Crippen LogP contribution in [0.5, 0.6) is 5.75 Å². The number of rotatable bonds is 9. The van der Waals surface area contributed by atoms with Crippen LogP contribution in [-0.2, 0) is 22.4 Å². The monoisotopic (exact) mass is 456 g/mol. The summed E-state index contributed by atoms with van der Waals surface area (Å²) >= 11 is 0. The molecule has 0 aliphatic carbocycles. The number of nitrogens with one attached hydrogen (secondary N) is 1. The van der Waals surface area contributed by atoms with Crippen molar-refractivity contribution in [1.82, 2.24) is 14.8 Å². The van der Waals surface area contributed by atoms with E-state index in [1.165, 1.54) is 36.2 Å². The average molecular weight is 456 g/mol. The number of hydrogen-bond donors (Lipinski definition) is 2. The number of benzene rings is 2. The Balaban J connectivity index is 1.88. The minimum Gasteiger partial charge on any atom is -0.505 e. The molecule has 2 atom stereocenters. The lowest BCUT2D eigenvalue weighted by atomic mass is 10.00. The van der Waals surface area contributed by atoms with Crippen molar-refractivity contribution in [3.63, 3.8) is 0 Å². The second-order valence-electron chi connectivity index (χ2n) is 8.06. The van der Waals surface area contributed by atoms with E-state index in [1.54, 1.807) is 37.3 Å². The zero-order chi connectivity index (χ0) is 24.3. The number of aldehydes is 1. The molecule has 0 fully saturated rings. The first-order valence-corrected chi connectivity index (χ1v) is 10.2. The van der Waals surface area contributed by atoms with Crippen molar-refractivity contribution in [1.29, 1.82) is 0 Å². The maximum Gasteiger partial charge on any atom is 0.279 e. The molecule has 174 valence electrons. The number of halogens is 1. The van der Waals surface area contributed by atoms with Gasteiger partial charge in [-0.15, -0.1) is 0 Å². The molecule has 0 bridgehead atoms. The number of nitro benzene ring substituents is 1. The van der Waals surface area contributed by atoms with Crippen molar-refractivity contribution >= 4 is 28.8 Å². The molecule has 9 nitrogen and oxygen atoms in total. The fourth-order valence-electron chi connectivity index (χ4n) is 3.87. The van der Waals surface area contributed by atoms with Crippen molar-refractivity contribution in [2.75, 3.05) is 21.1 Å². The van der Waals surface area contributed by atoms with Crippen LogP contribution in [0.1, 0.15) is 11.1 Å². The first-order chi connectivity index (χ1) is 15.6. The number of non-ortho nitro benzene ring substituents is 1. The van der Waals surface area contributed by atoms with E-state index in [4.69, 9.17) is 0 Å².